The van der Waals surface area contributed by atoms with Crippen molar-refractivity contribution in [3.63, 3.8) is 0 Å². The van der Waals surface area contributed by atoms with Crippen molar-refractivity contribution in [2.24, 2.45) is 23.5 Å². The number of hydrogen-bond donors (Lipinski definition) is 6. The molecule has 0 aliphatic carbocycles. The van der Waals surface area contributed by atoms with E-state index in [0.29, 0.717) is 17.7 Å². The number of nitrogens with one attached hydrogen (secondary N) is 5. The highest BCUT2D eigenvalue weighted by molar-refractivity contribution is 5.98. The molecule has 48 heavy (non-hydrogen) atoms. The molecular weight excluding hydrogens is 620 g/mol. The van der Waals surface area contributed by atoms with Crippen LogP contribution in [0.1, 0.15) is 59.9 Å². The SMILES string of the molecule is CN[C@H](C(=O)N[C@@H](CCCNC(N)=O)C(=O)Nc1ccc(COC(=O)N(C)[C@H](C(=O)N[C@H](C(=O)N(C)C)C(C)C)C(C)C)cc1)C(C)C. The summed E-state index contributed by atoms with van der Waals surface area (Å²) in [4.78, 5) is 78.5. The molecule has 0 saturated carbocycles. The number of urea groups is 1. The average Bonchev–Trinajstić information content (AvgIpc) is 3.00. The zero-order valence-corrected chi connectivity index (χ0v) is 30.0. The van der Waals surface area contributed by atoms with Gasteiger partial charge in [-0.2, -0.15) is 0 Å². The maximum absolute atomic E-state index is 13.2. The normalized spacial score (nSPS) is 13.6. The first-order chi connectivity index (χ1) is 22.4. The summed E-state index contributed by atoms with van der Waals surface area (Å²) in [6, 6.07) is 2.96. The van der Waals surface area contributed by atoms with E-state index in [1.54, 1.807) is 59.3 Å². The van der Waals surface area contributed by atoms with E-state index < -0.39 is 48.1 Å². The van der Waals surface area contributed by atoms with Gasteiger partial charge in [0, 0.05) is 33.4 Å². The molecule has 0 unspecified atom stereocenters. The number of anilines is 1. The number of nitrogens with zero attached hydrogens (tertiary/aromatic N) is 2. The molecule has 0 fully saturated rings. The van der Waals surface area contributed by atoms with Crippen molar-refractivity contribution < 1.29 is 33.5 Å². The molecule has 15 heteroatoms. The van der Waals surface area contributed by atoms with Crippen LogP contribution in [0.15, 0.2) is 24.3 Å². The third-order valence-corrected chi connectivity index (χ3v) is 7.72. The lowest BCUT2D eigenvalue weighted by Crippen LogP contribution is -2.57. The van der Waals surface area contributed by atoms with Crippen molar-refractivity contribution in [2.45, 2.75) is 85.2 Å². The highest BCUT2D eigenvalue weighted by Gasteiger charge is 2.35. The van der Waals surface area contributed by atoms with Gasteiger partial charge in [0.15, 0.2) is 0 Å². The largest absolute Gasteiger partial charge is 0.445 e. The van der Waals surface area contributed by atoms with Crippen LogP contribution in [0.25, 0.3) is 0 Å². The summed E-state index contributed by atoms with van der Waals surface area (Å²) >= 11 is 0. The minimum atomic E-state index is -0.879. The number of nitrogens with two attached hydrogens (primary N) is 1. The van der Waals surface area contributed by atoms with Crippen LogP contribution in [0.4, 0.5) is 15.3 Å². The Bertz CT molecular complexity index is 1240. The molecule has 0 bridgehead atoms. The maximum atomic E-state index is 13.2. The average molecular weight is 677 g/mol. The van der Waals surface area contributed by atoms with Crippen LogP contribution in [0.2, 0.25) is 0 Å². The first-order valence-electron chi connectivity index (χ1n) is 16.2. The van der Waals surface area contributed by atoms with E-state index in [1.165, 1.54) is 16.8 Å². The van der Waals surface area contributed by atoms with Gasteiger partial charge in [0.05, 0.1) is 6.04 Å². The van der Waals surface area contributed by atoms with Crippen molar-refractivity contribution >= 4 is 41.4 Å². The lowest BCUT2D eigenvalue weighted by atomic mass is 9.99. The summed E-state index contributed by atoms with van der Waals surface area (Å²) < 4.78 is 5.49. The predicted octanol–water partition coefficient (Wildman–Crippen LogP) is 1.62. The molecule has 0 saturated heterocycles. The topological polar surface area (TPSA) is 204 Å². The highest BCUT2D eigenvalue weighted by atomic mass is 16.6. The lowest BCUT2D eigenvalue weighted by molar-refractivity contribution is -0.137. The number of amides is 7. The fourth-order valence-corrected chi connectivity index (χ4v) is 5.05. The Labute approximate surface area is 284 Å². The smallest absolute Gasteiger partial charge is 0.410 e. The second-order valence-electron chi connectivity index (χ2n) is 13.0. The number of rotatable bonds is 18. The minimum Gasteiger partial charge on any atom is -0.445 e. The molecule has 0 heterocycles. The van der Waals surface area contributed by atoms with Crippen molar-refractivity contribution in [2.75, 3.05) is 40.1 Å². The fourth-order valence-electron chi connectivity index (χ4n) is 5.05. The number of primary amides is 1. The van der Waals surface area contributed by atoms with Crippen molar-refractivity contribution in [1.29, 1.82) is 0 Å². The van der Waals surface area contributed by atoms with E-state index in [9.17, 15) is 28.8 Å². The molecule has 0 aliphatic heterocycles. The van der Waals surface area contributed by atoms with Gasteiger partial charge < -0.3 is 42.0 Å². The zero-order chi connectivity index (χ0) is 36.7. The van der Waals surface area contributed by atoms with Crippen LogP contribution in [0.5, 0.6) is 0 Å². The van der Waals surface area contributed by atoms with Crippen LogP contribution < -0.4 is 32.3 Å². The van der Waals surface area contributed by atoms with Crippen LogP contribution in [0, 0.1) is 17.8 Å². The first-order valence-corrected chi connectivity index (χ1v) is 16.2. The molecule has 270 valence electrons. The molecule has 1 aromatic carbocycles. The third-order valence-electron chi connectivity index (χ3n) is 7.72. The van der Waals surface area contributed by atoms with E-state index in [-0.39, 0.29) is 49.1 Å². The summed E-state index contributed by atoms with van der Waals surface area (Å²) in [7, 11) is 6.38. The summed E-state index contributed by atoms with van der Waals surface area (Å²) in [6.45, 7) is 11.2. The first kappa shape index (κ1) is 41.6. The molecule has 0 radical (unpaired) electrons. The van der Waals surface area contributed by atoms with Crippen molar-refractivity contribution in [1.82, 2.24) is 31.1 Å². The van der Waals surface area contributed by atoms with Crippen LogP contribution in [-0.2, 0) is 30.5 Å². The van der Waals surface area contributed by atoms with Crippen molar-refractivity contribution in [3.8, 4) is 0 Å². The quantitative estimate of drug-likeness (QED) is 0.126. The van der Waals surface area contributed by atoms with E-state index in [1.807, 2.05) is 27.7 Å². The molecule has 0 spiro atoms. The van der Waals surface area contributed by atoms with Crippen LogP contribution >= 0.6 is 0 Å². The van der Waals surface area contributed by atoms with E-state index in [2.05, 4.69) is 26.6 Å². The number of hydrogen-bond acceptors (Lipinski definition) is 8. The maximum Gasteiger partial charge on any atom is 0.410 e. The van der Waals surface area contributed by atoms with Gasteiger partial charge in [-0.05, 0) is 55.3 Å². The second kappa shape index (κ2) is 20.1. The minimum absolute atomic E-state index is 0.0129. The molecule has 1 rings (SSSR count). The number of ether oxygens (including phenoxy) is 1. The predicted molar refractivity (Wildman–Crippen MR) is 184 cm³/mol. The number of carbonyl (C=O) groups excluding carboxylic acids is 6. The van der Waals surface area contributed by atoms with E-state index in [4.69, 9.17) is 10.5 Å². The van der Waals surface area contributed by atoms with E-state index in [0.717, 1.165) is 0 Å². The Morgan fingerprint density at radius 3 is 1.85 bits per heavy atom. The van der Waals surface area contributed by atoms with Crippen molar-refractivity contribution in [3.05, 3.63) is 29.8 Å². The Kier molecular flexibility index (Phi) is 17.4. The second-order valence-corrected chi connectivity index (χ2v) is 13.0. The van der Waals surface area contributed by atoms with Gasteiger partial charge in [-0.3, -0.25) is 24.1 Å². The van der Waals surface area contributed by atoms with Crippen LogP contribution in [0.3, 0.4) is 0 Å². The highest BCUT2D eigenvalue weighted by Crippen LogP contribution is 2.16. The van der Waals surface area contributed by atoms with Gasteiger partial charge in [0.1, 0.15) is 24.7 Å². The number of likely N-dealkylation sites (N-methyl/N-ethyl adjacent to an activating group) is 3. The molecule has 0 aliphatic rings. The standard InChI is InChI=1S/C33H56N8O7/c1-19(2)25(35-7)29(43)38-24(12-11-17-36-32(34)46)28(42)37-23-15-13-22(14-16-23)18-48-33(47)41(10)27(21(5)6)30(44)39-26(20(3)4)31(45)40(8)9/h13-16,19-21,24-27,35H,11-12,17-18H2,1-10H3,(H,37,42)(H,38,43)(H,39,44)(H3,34,36,46)/t24-,25-,26-,27-/m0/s1. The monoisotopic (exact) mass is 676 g/mol. The van der Waals surface area contributed by atoms with Gasteiger partial charge >= 0.3 is 12.1 Å². The molecule has 15 nitrogen and oxygen atoms in total. The summed E-state index contributed by atoms with van der Waals surface area (Å²) in [5.74, 6) is -1.90. The molecule has 7 amide bonds. The molecular formula is C33H56N8O7. The Morgan fingerprint density at radius 2 is 1.38 bits per heavy atom. The third kappa shape index (κ3) is 13.4. The lowest BCUT2D eigenvalue weighted by Gasteiger charge is -2.32. The van der Waals surface area contributed by atoms with Gasteiger partial charge in [-0.25, -0.2) is 9.59 Å². The number of carbonyl (C=O) groups is 6. The molecule has 0 aromatic heterocycles. The molecule has 7 N–H and O–H groups in total. The summed E-state index contributed by atoms with van der Waals surface area (Å²) in [5.41, 5.74) is 6.21. The molecule has 4 atom stereocenters. The van der Waals surface area contributed by atoms with Gasteiger partial charge in [-0.15, -0.1) is 0 Å². The number of benzene rings is 1. The van der Waals surface area contributed by atoms with Crippen LogP contribution in [-0.4, -0.2) is 104 Å². The van der Waals surface area contributed by atoms with Gasteiger partial charge in [-0.1, -0.05) is 53.7 Å². The van der Waals surface area contributed by atoms with Gasteiger partial charge in [0.25, 0.3) is 0 Å². The summed E-state index contributed by atoms with van der Waals surface area (Å²) in [6.07, 6.45) is -0.0578. The van der Waals surface area contributed by atoms with Gasteiger partial charge in [0.2, 0.25) is 23.6 Å². The Balaban J connectivity index is 2.91. The molecule has 1 aromatic rings. The Morgan fingerprint density at radius 1 is 0.792 bits per heavy atom. The fraction of sp³-hybridized carbons (Fsp3) is 0.636. The Hall–Kier alpha value is -4.40. The summed E-state index contributed by atoms with van der Waals surface area (Å²) in [5, 5.41) is 13.8. The van der Waals surface area contributed by atoms with E-state index >= 15 is 0 Å². The zero-order valence-electron chi connectivity index (χ0n) is 30.0.